The number of piperazine rings is 1. The highest BCUT2D eigenvalue weighted by atomic mass is 32.1. The van der Waals surface area contributed by atoms with Gasteiger partial charge in [-0.3, -0.25) is 4.90 Å². The summed E-state index contributed by atoms with van der Waals surface area (Å²) in [6.45, 7) is 8.62. The first-order valence-corrected chi connectivity index (χ1v) is 7.38. The predicted molar refractivity (Wildman–Crippen MR) is 75.2 cm³/mol. The molecule has 0 saturated carbocycles. The summed E-state index contributed by atoms with van der Waals surface area (Å²) in [6.07, 6.45) is 2.25. The van der Waals surface area contributed by atoms with E-state index in [0.717, 1.165) is 19.6 Å². The molecule has 2 aliphatic rings. The molecule has 18 heavy (non-hydrogen) atoms. The van der Waals surface area contributed by atoms with Crippen molar-refractivity contribution in [2.24, 2.45) is 0 Å². The second-order valence-corrected chi connectivity index (χ2v) is 6.63. The zero-order chi connectivity index (χ0) is 13.3. The first-order valence-electron chi connectivity index (χ1n) is 6.75. The number of ether oxygens (including phenoxy) is 1. The van der Waals surface area contributed by atoms with Crippen molar-refractivity contribution < 1.29 is 9.53 Å². The molecule has 0 aromatic carbocycles. The molecule has 0 N–H and O–H groups in total. The molecule has 2 heterocycles. The van der Waals surface area contributed by atoms with Gasteiger partial charge in [-0.25, -0.2) is 4.79 Å². The van der Waals surface area contributed by atoms with E-state index in [1.165, 1.54) is 12.8 Å². The fraction of sp³-hybridized carbons (Fsp3) is 0.923. The minimum Gasteiger partial charge on any atom is -0.444 e. The number of hydrogen-bond donors (Lipinski definition) is 1. The Kier molecular flexibility index (Phi) is 4.11. The molecule has 2 saturated heterocycles. The number of thiol groups is 1. The topological polar surface area (TPSA) is 32.8 Å². The minimum absolute atomic E-state index is 0.178. The maximum absolute atomic E-state index is 12.2. The van der Waals surface area contributed by atoms with Crippen molar-refractivity contribution in [3.8, 4) is 0 Å². The third-order valence-electron chi connectivity index (χ3n) is 3.63. The molecule has 2 atom stereocenters. The van der Waals surface area contributed by atoms with Crippen LogP contribution in [0, 0.1) is 0 Å². The number of carbonyl (C=O) groups is 1. The standard InChI is InChI=1S/C13H24N2O2S/c1-13(2,3)17-12(16)15-8-10-5-4-6-14(10)7-11(15)9-18/h10-11,18H,4-9H2,1-3H3/t10-,11+/m0/s1. The van der Waals surface area contributed by atoms with Gasteiger partial charge in [-0.15, -0.1) is 0 Å². The maximum Gasteiger partial charge on any atom is 0.410 e. The van der Waals surface area contributed by atoms with E-state index < -0.39 is 5.60 Å². The van der Waals surface area contributed by atoms with Crippen LogP contribution in [-0.4, -0.2) is 59.0 Å². The van der Waals surface area contributed by atoms with Crippen molar-refractivity contribution in [3.05, 3.63) is 0 Å². The largest absolute Gasteiger partial charge is 0.444 e. The van der Waals surface area contributed by atoms with Crippen LogP contribution in [-0.2, 0) is 4.74 Å². The minimum atomic E-state index is -0.426. The fourth-order valence-corrected chi connectivity index (χ4v) is 3.10. The van der Waals surface area contributed by atoms with E-state index in [1.807, 2.05) is 25.7 Å². The fourth-order valence-electron chi connectivity index (χ4n) is 2.79. The number of fused-ring (bicyclic) bond motifs is 1. The molecule has 2 rings (SSSR count). The van der Waals surface area contributed by atoms with Gasteiger partial charge in [0.25, 0.3) is 0 Å². The van der Waals surface area contributed by atoms with Gasteiger partial charge >= 0.3 is 6.09 Å². The smallest absolute Gasteiger partial charge is 0.410 e. The van der Waals surface area contributed by atoms with E-state index in [9.17, 15) is 4.79 Å². The summed E-state index contributed by atoms with van der Waals surface area (Å²) in [5, 5.41) is 0. The molecule has 1 amide bonds. The van der Waals surface area contributed by atoms with Crippen LogP contribution in [0.15, 0.2) is 0 Å². The Balaban J connectivity index is 2.03. The number of rotatable bonds is 1. The second kappa shape index (κ2) is 5.29. The summed E-state index contributed by atoms with van der Waals surface area (Å²) in [5.41, 5.74) is -0.426. The lowest BCUT2D eigenvalue weighted by Crippen LogP contribution is -2.59. The summed E-state index contributed by atoms with van der Waals surface area (Å²) in [5.74, 6) is 0.697. The van der Waals surface area contributed by atoms with Crippen LogP contribution in [0.3, 0.4) is 0 Å². The highest BCUT2D eigenvalue weighted by Crippen LogP contribution is 2.26. The zero-order valence-electron chi connectivity index (χ0n) is 11.6. The highest BCUT2D eigenvalue weighted by Gasteiger charge is 2.39. The molecule has 0 bridgehead atoms. The van der Waals surface area contributed by atoms with E-state index in [4.69, 9.17) is 4.74 Å². The lowest BCUT2D eigenvalue weighted by Gasteiger charge is -2.43. The normalized spacial score (nSPS) is 29.2. The van der Waals surface area contributed by atoms with Gasteiger partial charge in [0.05, 0.1) is 6.04 Å². The van der Waals surface area contributed by atoms with Gasteiger partial charge in [0, 0.05) is 24.9 Å². The monoisotopic (exact) mass is 272 g/mol. The zero-order valence-corrected chi connectivity index (χ0v) is 12.4. The van der Waals surface area contributed by atoms with Crippen molar-refractivity contribution in [3.63, 3.8) is 0 Å². The van der Waals surface area contributed by atoms with Crippen LogP contribution in [0.5, 0.6) is 0 Å². The quantitative estimate of drug-likeness (QED) is 0.741. The van der Waals surface area contributed by atoms with Crippen molar-refractivity contribution in [2.75, 3.05) is 25.4 Å². The molecule has 0 aliphatic carbocycles. The van der Waals surface area contributed by atoms with Crippen molar-refractivity contribution in [1.82, 2.24) is 9.80 Å². The molecule has 0 unspecified atom stereocenters. The van der Waals surface area contributed by atoms with Gasteiger partial charge in [-0.2, -0.15) is 12.6 Å². The first-order chi connectivity index (χ1) is 8.40. The van der Waals surface area contributed by atoms with Gasteiger partial charge in [0.2, 0.25) is 0 Å². The molecule has 104 valence electrons. The molecule has 0 aromatic rings. The Bertz CT molecular complexity index is 317. The average Bonchev–Trinajstić information content (AvgIpc) is 2.71. The summed E-state index contributed by atoms with van der Waals surface area (Å²) in [4.78, 5) is 16.6. The lowest BCUT2D eigenvalue weighted by molar-refractivity contribution is -0.00459. The van der Waals surface area contributed by atoms with Gasteiger partial charge in [-0.1, -0.05) is 0 Å². The summed E-state index contributed by atoms with van der Waals surface area (Å²) >= 11 is 4.38. The number of carbonyl (C=O) groups excluding carboxylic acids is 1. The van der Waals surface area contributed by atoms with Gasteiger partial charge < -0.3 is 9.64 Å². The number of amides is 1. The van der Waals surface area contributed by atoms with Crippen LogP contribution >= 0.6 is 12.6 Å². The third kappa shape index (κ3) is 3.12. The molecular formula is C13H24N2O2S. The van der Waals surface area contributed by atoms with Gasteiger partial charge in [0.15, 0.2) is 0 Å². The molecule has 0 aromatic heterocycles. The van der Waals surface area contributed by atoms with Crippen molar-refractivity contribution in [1.29, 1.82) is 0 Å². The third-order valence-corrected chi connectivity index (χ3v) is 4.05. The summed E-state index contributed by atoms with van der Waals surface area (Å²) < 4.78 is 5.49. The molecule has 0 spiro atoms. The van der Waals surface area contributed by atoms with Crippen molar-refractivity contribution >= 4 is 18.7 Å². The van der Waals surface area contributed by atoms with Crippen LogP contribution in [0.25, 0.3) is 0 Å². The number of nitrogens with zero attached hydrogens (tertiary/aromatic N) is 2. The molecule has 5 heteroatoms. The van der Waals surface area contributed by atoms with E-state index in [-0.39, 0.29) is 12.1 Å². The molecule has 0 radical (unpaired) electrons. The predicted octanol–water partition coefficient (Wildman–Crippen LogP) is 2.00. The summed E-state index contributed by atoms with van der Waals surface area (Å²) in [7, 11) is 0. The van der Waals surface area contributed by atoms with E-state index in [2.05, 4.69) is 17.5 Å². The van der Waals surface area contributed by atoms with Gasteiger partial charge in [-0.05, 0) is 40.2 Å². The second-order valence-electron chi connectivity index (χ2n) is 6.26. The maximum atomic E-state index is 12.2. The van der Waals surface area contributed by atoms with E-state index >= 15 is 0 Å². The average molecular weight is 272 g/mol. The van der Waals surface area contributed by atoms with Crippen LogP contribution < -0.4 is 0 Å². The van der Waals surface area contributed by atoms with Crippen LogP contribution in [0.2, 0.25) is 0 Å². The van der Waals surface area contributed by atoms with Crippen molar-refractivity contribution in [2.45, 2.75) is 51.3 Å². The Morgan fingerprint density at radius 3 is 2.72 bits per heavy atom. The van der Waals surface area contributed by atoms with Crippen LogP contribution in [0.1, 0.15) is 33.6 Å². The Hall–Kier alpha value is -0.420. The highest BCUT2D eigenvalue weighted by molar-refractivity contribution is 7.80. The van der Waals surface area contributed by atoms with Crippen LogP contribution in [0.4, 0.5) is 4.79 Å². The Morgan fingerprint density at radius 1 is 1.39 bits per heavy atom. The molecule has 2 fully saturated rings. The van der Waals surface area contributed by atoms with E-state index in [1.54, 1.807) is 0 Å². The van der Waals surface area contributed by atoms with Gasteiger partial charge in [0.1, 0.15) is 5.60 Å². The molecule has 4 nitrogen and oxygen atoms in total. The Labute approximate surface area is 115 Å². The Morgan fingerprint density at radius 2 is 2.11 bits per heavy atom. The molecular weight excluding hydrogens is 248 g/mol. The van der Waals surface area contributed by atoms with E-state index in [0.29, 0.717) is 11.8 Å². The lowest BCUT2D eigenvalue weighted by atomic mass is 10.1. The molecule has 2 aliphatic heterocycles. The SMILES string of the molecule is CC(C)(C)OC(=O)N1C[C@@H]2CCCN2C[C@@H]1CS. The first kappa shape index (κ1) is 14.0. The summed E-state index contributed by atoms with van der Waals surface area (Å²) in [6, 6.07) is 0.700. The number of hydrogen-bond acceptors (Lipinski definition) is 4.